The van der Waals surface area contributed by atoms with Gasteiger partial charge < -0.3 is 16.2 Å². The summed E-state index contributed by atoms with van der Waals surface area (Å²) in [5.74, 6) is -0.0107. The SMILES string of the molecule is Cc1nc(N)nc(C(C)Oc2ccc(Cl)cc2Br)c1C(N)=O. The van der Waals surface area contributed by atoms with Crippen LogP contribution >= 0.6 is 27.5 Å². The van der Waals surface area contributed by atoms with Crippen LogP contribution in [0.25, 0.3) is 0 Å². The number of rotatable bonds is 4. The molecule has 1 aromatic heterocycles. The number of hydrogen-bond donors (Lipinski definition) is 2. The standard InChI is InChI=1S/C14H14BrClN4O2/c1-6-11(13(17)21)12(20-14(18)19-6)7(2)22-10-4-3-8(16)5-9(10)15/h3-5,7H,1-2H3,(H2,17,21)(H2,18,19,20). The molecule has 6 nitrogen and oxygen atoms in total. The summed E-state index contributed by atoms with van der Waals surface area (Å²) in [5, 5.41) is 0.576. The molecule has 0 aliphatic heterocycles. The highest BCUT2D eigenvalue weighted by molar-refractivity contribution is 9.10. The number of aryl methyl sites for hydroxylation is 1. The number of anilines is 1. The van der Waals surface area contributed by atoms with E-state index in [1.165, 1.54) is 0 Å². The quantitative estimate of drug-likeness (QED) is 0.842. The zero-order chi connectivity index (χ0) is 16.4. The van der Waals surface area contributed by atoms with Crippen molar-refractivity contribution in [1.29, 1.82) is 0 Å². The number of carbonyl (C=O) groups excluding carboxylic acids is 1. The maximum absolute atomic E-state index is 11.6. The average molecular weight is 386 g/mol. The van der Waals surface area contributed by atoms with Gasteiger partial charge in [0.15, 0.2) is 0 Å². The van der Waals surface area contributed by atoms with Gasteiger partial charge in [-0.2, -0.15) is 0 Å². The molecular formula is C14H14BrClN4O2. The molecule has 0 saturated carbocycles. The molecule has 0 aliphatic carbocycles. The number of nitrogen functional groups attached to an aromatic ring is 1. The van der Waals surface area contributed by atoms with Crippen molar-refractivity contribution in [2.75, 3.05) is 5.73 Å². The molecule has 0 aliphatic rings. The molecule has 22 heavy (non-hydrogen) atoms. The van der Waals surface area contributed by atoms with Crippen LogP contribution in [0.15, 0.2) is 22.7 Å². The van der Waals surface area contributed by atoms with E-state index in [1.54, 1.807) is 32.0 Å². The Morgan fingerprint density at radius 1 is 1.41 bits per heavy atom. The van der Waals surface area contributed by atoms with Crippen LogP contribution in [0.1, 0.15) is 34.8 Å². The lowest BCUT2D eigenvalue weighted by Gasteiger charge is -2.18. The van der Waals surface area contributed by atoms with Crippen molar-refractivity contribution in [3.05, 3.63) is 44.6 Å². The van der Waals surface area contributed by atoms with Crippen molar-refractivity contribution < 1.29 is 9.53 Å². The van der Waals surface area contributed by atoms with E-state index in [9.17, 15) is 4.79 Å². The van der Waals surface area contributed by atoms with Gasteiger partial charge in [0, 0.05) is 5.02 Å². The lowest BCUT2D eigenvalue weighted by atomic mass is 10.1. The normalized spacial score (nSPS) is 12.0. The molecule has 1 unspecified atom stereocenters. The van der Waals surface area contributed by atoms with Crippen molar-refractivity contribution in [3.63, 3.8) is 0 Å². The molecule has 4 N–H and O–H groups in total. The molecule has 116 valence electrons. The molecule has 1 heterocycles. The van der Waals surface area contributed by atoms with Crippen molar-refractivity contribution >= 4 is 39.4 Å². The first-order valence-electron chi connectivity index (χ1n) is 6.35. The lowest BCUT2D eigenvalue weighted by molar-refractivity contribution is 0.0993. The van der Waals surface area contributed by atoms with E-state index >= 15 is 0 Å². The highest BCUT2D eigenvalue weighted by atomic mass is 79.9. The molecule has 2 rings (SSSR count). The zero-order valence-electron chi connectivity index (χ0n) is 11.9. The number of ether oxygens (including phenoxy) is 1. The van der Waals surface area contributed by atoms with Gasteiger partial charge in [-0.05, 0) is 48.0 Å². The molecule has 2 aromatic rings. The van der Waals surface area contributed by atoms with Crippen LogP contribution in [0, 0.1) is 6.92 Å². The second kappa shape index (κ2) is 6.50. The summed E-state index contributed by atoms with van der Waals surface area (Å²) < 4.78 is 6.51. The van der Waals surface area contributed by atoms with Crippen LogP contribution in [0.3, 0.4) is 0 Å². The highest BCUT2D eigenvalue weighted by Crippen LogP contribution is 2.32. The molecule has 0 saturated heterocycles. The van der Waals surface area contributed by atoms with Crippen LogP contribution in [0.5, 0.6) is 5.75 Å². The molecule has 0 fully saturated rings. The van der Waals surface area contributed by atoms with E-state index in [0.717, 1.165) is 0 Å². The third-order valence-corrected chi connectivity index (χ3v) is 3.82. The van der Waals surface area contributed by atoms with Crippen LogP contribution in [-0.4, -0.2) is 15.9 Å². The number of primary amides is 1. The first-order valence-corrected chi connectivity index (χ1v) is 7.52. The van der Waals surface area contributed by atoms with Crippen LogP contribution in [0.4, 0.5) is 5.95 Å². The Labute approximate surface area is 141 Å². The van der Waals surface area contributed by atoms with Crippen LogP contribution in [0.2, 0.25) is 5.02 Å². The van der Waals surface area contributed by atoms with Gasteiger partial charge in [0.25, 0.3) is 5.91 Å². The number of halogens is 2. The summed E-state index contributed by atoms with van der Waals surface area (Å²) in [5.41, 5.74) is 12.0. The highest BCUT2D eigenvalue weighted by Gasteiger charge is 2.22. The number of nitrogens with zero attached hydrogens (tertiary/aromatic N) is 2. The summed E-state index contributed by atoms with van der Waals surface area (Å²) in [7, 11) is 0. The van der Waals surface area contributed by atoms with Crippen molar-refractivity contribution in [3.8, 4) is 5.75 Å². The first-order chi connectivity index (χ1) is 10.3. The van der Waals surface area contributed by atoms with Gasteiger partial charge in [-0.25, -0.2) is 9.97 Å². The maximum atomic E-state index is 11.6. The van der Waals surface area contributed by atoms with Gasteiger partial charge in [-0.3, -0.25) is 4.79 Å². The van der Waals surface area contributed by atoms with Gasteiger partial charge >= 0.3 is 0 Å². The summed E-state index contributed by atoms with van der Waals surface area (Å²) >= 11 is 9.26. The van der Waals surface area contributed by atoms with Crippen molar-refractivity contribution in [1.82, 2.24) is 9.97 Å². The number of carbonyl (C=O) groups is 1. The second-order valence-corrected chi connectivity index (χ2v) is 5.92. The Balaban J connectivity index is 2.41. The van der Waals surface area contributed by atoms with E-state index in [2.05, 4.69) is 25.9 Å². The number of nitrogens with two attached hydrogens (primary N) is 2. The van der Waals surface area contributed by atoms with E-state index in [4.69, 9.17) is 27.8 Å². The average Bonchev–Trinajstić information content (AvgIpc) is 2.40. The monoisotopic (exact) mass is 384 g/mol. The first kappa shape index (κ1) is 16.5. The minimum absolute atomic E-state index is 0.0584. The fraction of sp³-hybridized carbons (Fsp3) is 0.214. The molecule has 1 aromatic carbocycles. The summed E-state index contributed by atoms with van der Waals surface area (Å²) in [6.07, 6.45) is -0.552. The summed E-state index contributed by atoms with van der Waals surface area (Å²) in [6, 6.07) is 5.12. The zero-order valence-corrected chi connectivity index (χ0v) is 14.3. The topological polar surface area (TPSA) is 104 Å². The summed E-state index contributed by atoms with van der Waals surface area (Å²) in [4.78, 5) is 19.7. The largest absolute Gasteiger partial charge is 0.483 e. The Hall–Kier alpha value is -1.86. The Morgan fingerprint density at radius 2 is 2.09 bits per heavy atom. The molecule has 0 bridgehead atoms. The number of hydrogen-bond acceptors (Lipinski definition) is 5. The van der Waals surface area contributed by atoms with E-state index in [-0.39, 0.29) is 11.5 Å². The Bertz CT molecular complexity index is 739. The third-order valence-electron chi connectivity index (χ3n) is 2.96. The molecule has 8 heteroatoms. The Morgan fingerprint density at radius 3 is 2.68 bits per heavy atom. The number of benzene rings is 1. The Kier molecular flexibility index (Phi) is 4.87. The van der Waals surface area contributed by atoms with Crippen molar-refractivity contribution in [2.45, 2.75) is 20.0 Å². The van der Waals surface area contributed by atoms with Gasteiger partial charge in [0.1, 0.15) is 11.9 Å². The van der Waals surface area contributed by atoms with Crippen LogP contribution in [-0.2, 0) is 0 Å². The molecular weight excluding hydrogens is 372 g/mol. The van der Waals surface area contributed by atoms with E-state index in [0.29, 0.717) is 26.6 Å². The van der Waals surface area contributed by atoms with E-state index in [1.807, 2.05) is 0 Å². The number of amides is 1. The summed E-state index contributed by atoms with van der Waals surface area (Å²) in [6.45, 7) is 3.39. The predicted octanol–water partition coefficient (Wildman–Crippen LogP) is 3.02. The third kappa shape index (κ3) is 3.48. The molecule has 0 spiro atoms. The minimum atomic E-state index is -0.627. The van der Waals surface area contributed by atoms with E-state index < -0.39 is 12.0 Å². The fourth-order valence-corrected chi connectivity index (χ4v) is 2.81. The van der Waals surface area contributed by atoms with Gasteiger partial charge in [-0.1, -0.05) is 11.6 Å². The van der Waals surface area contributed by atoms with Crippen molar-refractivity contribution in [2.24, 2.45) is 5.73 Å². The van der Waals surface area contributed by atoms with Gasteiger partial charge in [0.2, 0.25) is 5.95 Å². The minimum Gasteiger partial charge on any atom is -0.483 e. The maximum Gasteiger partial charge on any atom is 0.252 e. The van der Waals surface area contributed by atoms with Crippen LogP contribution < -0.4 is 16.2 Å². The smallest absolute Gasteiger partial charge is 0.252 e. The number of aromatic nitrogens is 2. The second-order valence-electron chi connectivity index (χ2n) is 4.63. The fourth-order valence-electron chi connectivity index (χ4n) is 2.03. The molecule has 1 amide bonds. The van der Waals surface area contributed by atoms with Gasteiger partial charge in [-0.15, -0.1) is 0 Å². The lowest BCUT2D eigenvalue weighted by Crippen LogP contribution is -2.21. The molecule has 1 atom stereocenters. The van der Waals surface area contributed by atoms with Gasteiger partial charge in [0.05, 0.1) is 21.4 Å². The predicted molar refractivity (Wildman–Crippen MR) is 87.9 cm³/mol. The molecule has 0 radical (unpaired) electrons.